The summed E-state index contributed by atoms with van der Waals surface area (Å²) < 4.78 is 29.0. The standard InChI is InChI=1S/C14H20ClNO3S/c1-20(17,18)14-6-2-5-13(15)12(14)9-16-8-11-4-3-7-19-10-11/h2,5-6,11,16H,3-4,7-10H2,1H3. The van der Waals surface area contributed by atoms with Crippen molar-refractivity contribution in [1.29, 1.82) is 0 Å². The van der Waals surface area contributed by atoms with Crippen LogP contribution in [0.25, 0.3) is 0 Å². The summed E-state index contributed by atoms with van der Waals surface area (Å²) >= 11 is 6.13. The molecular weight excluding hydrogens is 298 g/mol. The summed E-state index contributed by atoms with van der Waals surface area (Å²) in [5, 5.41) is 3.78. The van der Waals surface area contributed by atoms with Crippen molar-refractivity contribution in [3.8, 4) is 0 Å². The van der Waals surface area contributed by atoms with E-state index in [1.165, 1.54) is 6.26 Å². The van der Waals surface area contributed by atoms with Crippen LogP contribution in [-0.4, -0.2) is 34.4 Å². The molecule has 6 heteroatoms. The molecule has 0 radical (unpaired) electrons. The first kappa shape index (κ1) is 15.8. The van der Waals surface area contributed by atoms with E-state index in [-0.39, 0.29) is 0 Å². The van der Waals surface area contributed by atoms with Gasteiger partial charge in [-0.15, -0.1) is 0 Å². The second kappa shape index (κ2) is 6.89. The molecule has 4 nitrogen and oxygen atoms in total. The highest BCUT2D eigenvalue weighted by atomic mass is 35.5. The van der Waals surface area contributed by atoms with Gasteiger partial charge in [-0.1, -0.05) is 17.7 Å². The second-order valence-electron chi connectivity index (χ2n) is 5.20. The fraction of sp³-hybridized carbons (Fsp3) is 0.571. The molecule has 112 valence electrons. The highest BCUT2D eigenvalue weighted by molar-refractivity contribution is 7.90. The lowest BCUT2D eigenvalue weighted by Gasteiger charge is -2.22. The van der Waals surface area contributed by atoms with Gasteiger partial charge in [0.2, 0.25) is 0 Å². The molecule has 0 aromatic heterocycles. The molecule has 0 saturated carbocycles. The molecule has 1 unspecified atom stereocenters. The molecule has 0 amide bonds. The molecule has 1 aromatic rings. The molecule has 0 spiro atoms. The third-order valence-electron chi connectivity index (χ3n) is 3.46. The lowest BCUT2D eigenvalue weighted by molar-refractivity contribution is 0.0547. The van der Waals surface area contributed by atoms with Crippen molar-refractivity contribution in [2.45, 2.75) is 24.3 Å². The van der Waals surface area contributed by atoms with E-state index >= 15 is 0 Å². The predicted octanol–water partition coefficient (Wildman–Crippen LogP) is 2.26. The number of hydrogen-bond donors (Lipinski definition) is 1. The number of ether oxygens (including phenoxy) is 1. The third-order valence-corrected chi connectivity index (χ3v) is 5.00. The summed E-state index contributed by atoms with van der Waals surface area (Å²) in [7, 11) is -3.26. The number of halogens is 1. The van der Waals surface area contributed by atoms with Gasteiger partial charge in [0.1, 0.15) is 0 Å². The van der Waals surface area contributed by atoms with Gasteiger partial charge in [-0.3, -0.25) is 0 Å². The Morgan fingerprint density at radius 1 is 1.45 bits per heavy atom. The van der Waals surface area contributed by atoms with Crippen molar-refractivity contribution in [2.75, 3.05) is 26.0 Å². The van der Waals surface area contributed by atoms with Gasteiger partial charge in [-0.2, -0.15) is 0 Å². The maximum atomic E-state index is 11.8. The first-order valence-electron chi connectivity index (χ1n) is 6.74. The summed E-state index contributed by atoms with van der Waals surface area (Å²) in [6, 6.07) is 4.98. The van der Waals surface area contributed by atoms with Gasteiger partial charge in [-0.25, -0.2) is 8.42 Å². The van der Waals surface area contributed by atoms with E-state index in [9.17, 15) is 8.42 Å². The molecule has 1 atom stereocenters. The SMILES string of the molecule is CS(=O)(=O)c1cccc(Cl)c1CNCC1CCCOC1. The largest absolute Gasteiger partial charge is 0.381 e. The van der Waals surface area contributed by atoms with Crippen LogP contribution in [0, 0.1) is 5.92 Å². The van der Waals surface area contributed by atoms with Crippen LogP contribution < -0.4 is 5.32 Å². The van der Waals surface area contributed by atoms with E-state index in [4.69, 9.17) is 16.3 Å². The molecule has 2 rings (SSSR count). The van der Waals surface area contributed by atoms with Crippen LogP contribution in [0.2, 0.25) is 5.02 Å². The molecule has 0 bridgehead atoms. The minimum Gasteiger partial charge on any atom is -0.381 e. The van der Waals surface area contributed by atoms with E-state index in [0.29, 0.717) is 27.9 Å². The molecule has 0 aliphatic carbocycles. The third kappa shape index (κ3) is 4.19. The van der Waals surface area contributed by atoms with Gasteiger partial charge in [0.25, 0.3) is 0 Å². The van der Waals surface area contributed by atoms with Crippen molar-refractivity contribution in [3.63, 3.8) is 0 Å². The summed E-state index contributed by atoms with van der Waals surface area (Å²) in [5.74, 6) is 0.493. The average molecular weight is 318 g/mol. The smallest absolute Gasteiger partial charge is 0.175 e. The lowest BCUT2D eigenvalue weighted by atomic mass is 10.0. The topological polar surface area (TPSA) is 55.4 Å². The number of nitrogens with one attached hydrogen (secondary N) is 1. The molecule has 1 aliphatic heterocycles. The van der Waals surface area contributed by atoms with Crippen LogP contribution in [0.5, 0.6) is 0 Å². The van der Waals surface area contributed by atoms with Crippen molar-refractivity contribution >= 4 is 21.4 Å². The molecule has 20 heavy (non-hydrogen) atoms. The van der Waals surface area contributed by atoms with Crippen molar-refractivity contribution in [2.24, 2.45) is 5.92 Å². The highest BCUT2D eigenvalue weighted by Crippen LogP contribution is 2.24. The lowest BCUT2D eigenvalue weighted by Crippen LogP contribution is -2.29. The normalized spacial score (nSPS) is 20.0. The fourth-order valence-electron chi connectivity index (χ4n) is 2.43. The molecule has 1 aromatic carbocycles. The highest BCUT2D eigenvalue weighted by Gasteiger charge is 2.17. The van der Waals surface area contributed by atoms with Crippen LogP contribution in [0.1, 0.15) is 18.4 Å². The molecule has 1 N–H and O–H groups in total. The van der Waals surface area contributed by atoms with Crippen LogP contribution >= 0.6 is 11.6 Å². The molecule has 1 saturated heterocycles. The van der Waals surface area contributed by atoms with Crippen LogP contribution in [0.4, 0.5) is 0 Å². The Morgan fingerprint density at radius 3 is 2.90 bits per heavy atom. The molecule has 1 aliphatic rings. The Bertz CT molecular complexity index is 554. The molecule has 1 heterocycles. The van der Waals surface area contributed by atoms with Crippen LogP contribution in [0.3, 0.4) is 0 Å². The molecule has 1 fully saturated rings. The van der Waals surface area contributed by atoms with Crippen LogP contribution in [-0.2, 0) is 21.1 Å². The second-order valence-corrected chi connectivity index (χ2v) is 7.59. The Morgan fingerprint density at radius 2 is 2.25 bits per heavy atom. The Balaban J connectivity index is 2.01. The van der Waals surface area contributed by atoms with Gasteiger partial charge < -0.3 is 10.1 Å². The van der Waals surface area contributed by atoms with Gasteiger partial charge in [0.15, 0.2) is 9.84 Å². The number of benzene rings is 1. The summed E-state index contributed by atoms with van der Waals surface area (Å²) in [6.07, 6.45) is 3.44. The molecular formula is C14H20ClNO3S. The van der Waals surface area contributed by atoms with Crippen molar-refractivity contribution in [3.05, 3.63) is 28.8 Å². The van der Waals surface area contributed by atoms with Gasteiger partial charge in [0.05, 0.1) is 11.5 Å². The zero-order valence-electron chi connectivity index (χ0n) is 11.6. The summed E-state index contributed by atoms with van der Waals surface area (Å²) in [6.45, 7) is 2.89. The van der Waals surface area contributed by atoms with Gasteiger partial charge in [0, 0.05) is 36.5 Å². The Labute approximate surface area is 125 Å². The summed E-state index contributed by atoms with van der Waals surface area (Å²) in [5.41, 5.74) is 0.647. The number of rotatable bonds is 5. The average Bonchev–Trinajstić information content (AvgIpc) is 2.40. The Hall–Kier alpha value is -0.620. The van der Waals surface area contributed by atoms with Gasteiger partial charge >= 0.3 is 0 Å². The monoisotopic (exact) mass is 317 g/mol. The summed E-state index contributed by atoms with van der Waals surface area (Å²) in [4.78, 5) is 0.303. The number of sulfone groups is 1. The zero-order chi connectivity index (χ0) is 14.6. The quantitative estimate of drug-likeness (QED) is 0.905. The maximum Gasteiger partial charge on any atom is 0.175 e. The van der Waals surface area contributed by atoms with Crippen LogP contribution in [0.15, 0.2) is 23.1 Å². The number of hydrogen-bond acceptors (Lipinski definition) is 4. The predicted molar refractivity (Wildman–Crippen MR) is 79.8 cm³/mol. The first-order chi connectivity index (χ1) is 9.48. The van der Waals surface area contributed by atoms with E-state index in [2.05, 4.69) is 5.32 Å². The van der Waals surface area contributed by atoms with Crippen molar-refractivity contribution in [1.82, 2.24) is 5.32 Å². The fourth-order valence-corrected chi connectivity index (χ4v) is 3.68. The van der Waals surface area contributed by atoms with Crippen molar-refractivity contribution < 1.29 is 13.2 Å². The zero-order valence-corrected chi connectivity index (χ0v) is 13.1. The minimum absolute atomic E-state index is 0.303. The first-order valence-corrected chi connectivity index (χ1v) is 9.01. The van der Waals surface area contributed by atoms with E-state index < -0.39 is 9.84 Å². The van der Waals surface area contributed by atoms with E-state index in [1.807, 2.05) is 0 Å². The Kier molecular flexibility index (Phi) is 5.43. The van der Waals surface area contributed by atoms with E-state index in [0.717, 1.165) is 32.6 Å². The van der Waals surface area contributed by atoms with Gasteiger partial charge in [-0.05, 0) is 30.9 Å². The van der Waals surface area contributed by atoms with E-state index in [1.54, 1.807) is 18.2 Å². The minimum atomic E-state index is -3.26. The maximum absolute atomic E-state index is 11.8.